The van der Waals surface area contributed by atoms with E-state index in [4.69, 9.17) is 0 Å². The lowest BCUT2D eigenvalue weighted by Gasteiger charge is -2.26. The minimum Gasteiger partial charge on any atom is -0.144 e. The van der Waals surface area contributed by atoms with Crippen LogP contribution < -0.4 is 0 Å². The zero-order valence-corrected chi connectivity index (χ0v) is 18.1. The molecule has 146 valence electrons. The van der Waals surface area contributed by atoms with Crippen LogP contribution in [-0.4, -0.2) is 0 Å². The van der Waals surface area contributed by atoms with E-state index >= 15 is 0 Å². The second kappa shape index (κ2) is 7.11. The molecule has 0 fully saturated rings. The van der Waals surface area contributed by atoms with Gasteiger partial charge >= 0.3 is 0 Å². The molecule has 0 amide bonds. The fraction of sp³-hybridized carbons (Fsp3) is 0.172. The summed E-state index contributed by atoms with van der Waals surface area (Å²) in [5.74, 6) is 0. The first-order chi connectivity index (χ1) is 14.8. The molecule has 0 N–H and O–H groups in total. The van der Waals surface area contributed by atoms with Crippen LogP contribution in [0.3, 0.4) is 0 Å². The largest absolute Gasteiger partial charge is 0.144 e. The van der Waals surface area contributed by atoms with E-state index in [1.165, 1.54) is 73.9 Å². The van der Waals surface area contributed by atoms with Crippen molar-refractivity contribution < 1.29 is 0 Å². The summed E-state index contributed by atoms with van der Waals surface area (Å²) in [6, 6.07) is 22.9. The van der Waals surface area contributed by atoms with Gasteiger partial charge in [0.1, 0.15) is 0 Å². The first-order valence-corrected chi connectivity index (χ1v) is 11.8. The molecule has 1 aromatic heterocycles. The molecule has 0 radical (unpaired) electrons. The summed E-state index contributed by atoms with van der Waals surface area (Å²) >= 11 is 1.82. The van der Waals surface area contributed by atoms with Crippen molar-refractivity contribution in [2.24, 2.45) is 0 Å². The van der Waals surface area contributed by atoms with Crippen LogP contribution in [0.2, 0.25) is 0 Å². The van der Waals surface area contributed by atoms with Crippen molar-refractivity contribution in [3.63, 3.8) is 0 Å². The van der Waals surface area contributed by atoms with Crippen LogP contribution in [0.5, 0.6) is 0 Å². The van der Waals surface area contributed by atoms with Gasteiger partial charge in [0.05, 0.1) is 0 Å². The molecule has 0 saturated heterocycles. The first-order valence-electron chi connectivity index (χ1n) is 10.9. The fourth-order valence-corrected chi connectivity index (χ4v) is 5.84. The summed E-state index contributed by atoms with van der Waals surface area (Å²) in [4.78, 5) is 1.34. The smallest absolute Gasteiger partial charge is 0.0343 e. The average Bonchev–Trinajstić information content (AvgIpc) is 3.33. The molecule has 3 aromatic carbocycles. The van der Waals surface area contributed by atoms with Crippen molar-refractivity contribution in [3.05, 3.63) is 100 Å². The molecule has 6 rings (SSSR count). The number of benzene rings is 3. The lowest BCUT2D eigenvalue weighted by molar-refractivity contribution is 0.831. The molecule has 0 spiro atoms. The summed E-state index contributed by atoms with van der Waals surface area (Å²) in [5, 5.41) is 4.97. The van der Waals surface area contributed by atoms with Gasteiger partial charge in [0.2, 0.25) is 0 Å². The molecule has 0 aliphatic heterocycles. The number of allylic oxidation sites excluding steroid dienone is 4. The quantitative estimate of drug-likeness (QED) is 0.314. The molecule has 2 aliphatic rings. The second-order valence-electron chi connectivity index (χ2n) is 8.52. The molecule has 0 unspecified atom stereocenters. The van der Waals surface area contributed by atoms with Crippen molar-refractivity contribution in [1.82, 2.24) is 0 Å². The van der Waals surface area contributed by atoms with Gasteiger partial charge in [0.25, 0.3) is 0 Å². The Bertz CT molecular complexity index is 1320. The lowest BCUT2D eigenvalue weighted by Crippen LogP contribution is -2.07. The van der Waals surface area contributed by atoms with E-state index in [0.717, 1.165) is 6.42 Å². The number of thiophene rings is 1. The van der Waals surface area contributed by atoms with Crippen LogP contribution in [0.25, 0.3) is 37.9 Å². The van der Waals surface area contributed by atoms with Gasteiger partial charge in [-0.2, -0.15) is 0 Å². The zero-order chi connectivity index (χ0) is 20.1. The Hall–Kier alpha value is -2.90. The van der Waals surface area contributed by atoms with E-state index in [1.54, 1.807) is 5.57 Å². The van der Waals surface area contributed by atoms with E-state index in [1.807, 2.05) is 11.3 Å². The highest BCUT2D eigenvalue weighted by molar-refractivity contribution is 7.13. The number of aryl methyl sites for hydroxylation is 2. The van der Waals surface area contributed by atoms with Crippen molar-refractivity contribution in [2.75, 3.05) is 0 Å². The summed E-state index contributed by atoms with van der Waals surface area (Å²) in [6.07, 6.45) is 9.49. The van der Waals surface area contributed by atoms with Crippen LogP contribution in [0.4, 0.5) is 0 Å². The van der Waals surface area contributed by atoms with Gasteiger partial charge in [-0.15, -0.1) is 11.3 Å². The molecule has 0 saturated carbocycles. The molecular formula is C29H24S. The molecule has 0 bridgehead atoms. The minimum absolute atomic E-state index is 1.15. The predicted molar refractivity (Wildman–Crippen MR) is 131 cm³/mol. The van der Waals surface area contributed by atoms with E-state index in [9.17, 15) is 0 Å². The van der Waals surface area contributed by atoms with E-state index in [-0.39, 0.29) is 0 Å². The Morgan fingerprint density at radius 3 is 2.53 bits per heavy atom. The van der Waals surface area contributed by atoms with E-state index < -0.39 is 0 Å². The van der Waals surface area contributed by atoms with Crippen LogP contribution in [0.15, 0.2) is 83.8 Å². The highest BCUT2D eigenvalue weighted by Gasteiger charge is 2.22. The first kappa shape index (κ1) is 17.9. The van der Waals surface area contributed by atoms with Gasteiger partial charge in [-0.05, 0) is 100 Å². The standard InChI is InChI=1S/C29H24S/c1-19-8-10-21(11-9-19)27-18-23(28-7-4-16-30-28)17-22-13-14-25-24-6-3-2-5-20(24)12-15-26(25)29(22)27/h3-4,6-11,13-14,16-18H,2,5,12,15H2,1H3. The average molecular weight is 405 g/mol. The van der Waals surface area contributed by atoms with Crippen molar-refractivity contribution in [3.8, 4) is 21.6 Å². The number of hydrogen-bond donors (Lipinski definition) is 0. The summed E-state index contributed by atoms with van der Waals surface area (Å²) in [5.41, 5.74) is 11.4. The van der Waals surface area contributed by atoms with Crippen molar-refractivity contribution in [2.45, 2.75) is 32.6 Å². The van der Waals surface area contributed by atoms with Crippen LogP contribution >= 0.6 is 11.3 Å². The van der Waals surface area contributed by atoms with Crippen molar-refractivity contribution in [1.29, 1.82) is 0 Å². The van der Waals surface area contributed by atoms with Gasteiger partial charge in [-0.1, -0.05) is 65.8 Å². The van der Waals surface area contributed by atoms with Crippen LogP contribution in [0, 0.1) is 6.92 Å². The van der Waals surface area contributed by atoms with Gasteiger partial charge in [0, 0.05) is 4.88 Å². The van der Waals surface area contributed by atoms with Crippen molar-refractivity contribution >= 4 is 27.7 Å². The second-order valence-corrected chi connectivity index (χ2v) is 9.46. The third-order valence-corrected chi connectivity index (χ3v) is 7.56. The Morgan fingerprint density at radius 1 is 0.800 bits per heavy atom. The van der Waals surface area contributed by atoms with Gasteiger partial charge in [0.15, 0.2) is 0 Å². The Kier molecular flexibility index (Phi) is 4.24. The Balaban J connectivity index is 1.67. The highest BCUT2D eigenvalue weighted by Crippen LogP contribution is 2.44. The SMILES string of the molecule is Cc1ccc(-c2cc(-c3cccs3)cc3ccc4c(c23)CCC2=C4C=CCC2)cc1. The maximum Gasteiger partial charge on any atom is 0.0343 e. The maximum absolute atomic E-state index is 2.42. The number of rotatable bonds is 2. The predicted octanol–water partition coefficient (Wildman–Crippen LogP) is 8.59. The van der Waals surface area contributed by atoms with Gasteiger partial charge in [-0.3, -0.25) is 0 Å². The Labute approximate surface area is 182 Å². The highest BCUT2D eigenvalue weighted by atomic mass is 32.1. The molecule has 0 atom stereocenters. The monoisotopic (exact) mass is 404 g/mol. The normalized spacial score (nSPS) is 15.4. The number of fused-ring (bicyclic) bond motifs is 4. The summed E-state index contributed by atoms with van der Waals surface area (Å²) in [7, 11) is 0. The fourth-order valence-electron chi connectivity index (χ4n) is 5.13. The number of hydrogen-bond acceptors (Lipinski definition) is 1. The third kappa shape index (κ3) is 2.88. The molecule has 2 aliphatic carbocycles. The Morgan fingerprint density at radius 2 is 1.70 bits per heavy atom. The molecule has 1 heteroatoms. The van der Waals surface area contributed by atoms with Gasteiger partial charge in [-0.25, -0.2) is 0 Å². The van der Waals surface area contributed by atoms with E-state index in [0.29, 0.717) is 0 Å². The minimum atomic E-state index is 1.15. The van der Waals surface area contributed by atoms with Crippen LogP contribution in [-0.2, 0) is 6.42 Å². The summed E-state index contributed by atoms with van der Waals surface area (Å²) in [6.45, 7) is 2.16. The topological polar surface area (TPSA) is 0 Å². The zero-order valence-electron chi connectivity index (χ0n) is 17.2. The van der Waals surface area contributed by atoms with Crippen LogP contribution in [0.1, 0.15) is 36.0 Å². The summed E-state index contributed by atoms with van der Waals surface area (Å²) < 4.78 is 0. The molecule has 0 nitrogen and oxygen atoms in total. The third-order valence-electron chi connectivity index (χ3n) is 6.64. The van der Waals surface area contributed by atoms with Gasteiger partial charge < -0.3 is 0 Å². The molecule has 30 heavy (non-hydrogen) atoms. The maximum atomic E-state index is 2.42. The molecule has 4 aromatic rings. The lowest BCUT2D eigenvalue weighted by atomic mass is 9.78. The molecule has 1 heterocycles. The molecular weight excluding hydrogens is 380 g/mol. The van der Waals surface area contributed by atoms with E-state index in [2.05, 4.69) is 85.1 Å².